The van der Waals surface area contributed by atoms with Crippen molar-refractivity contribution in [1.82, 2.24) is 0 Å². The normalized spacial score (nSPS) is 22.2. The first-order valence-corrected chi connectivity index (χ1v) is 5.98. The van der Waals surface area contributed by atoms with Gasteiger partial charge in [0.2, 0.25) is 0 Å². The number of ketones is 1. The van der Waals surface area contributed by atoms with Gasteiger partial charge in [-0.1, -0.05) is 0 Å². The number of carbonyl (C=O) groups excluding carboxylic acids is 1. The highest BCUT2D eigenvalue weighted by Crippen LogP contribution is 2.39. The second kappa shape index (κ2) is 4.61. The fourth-order valence-electron chi connectivity index (χ4n) is 2.51. The molecule has 0 aromatic heterocycles. The number of rotatable bonds is 3. The van der Waals surface area contributed by atoms with Gasteiger partial charge in [-0.25, -0.2) is 0 Å². The predicted molar refractivity (Wildman–Crippen MR) is 67.2 cm³/mol. The number of ether oxygens (including phenoxy) is 2. The van der Waals surface area contributed by atoms with Gasteiger partial charge in [0.1, 0.15) is 17.1 Å². The zero-order chi connectivity index (χ0) is 13.3. The summed E-state index contributed by atoms with van der Waals surface area (Å²) in [5.74, 6) is 1.29. The molecule has 18 heavy (non-hydrogen) atoms. The van der Waals surface area contributed by atoms with Crippen LogP contribution in [-0.4, -0.2) is 30.7 Å². The Morgan fingerprint density at radius 3 is 2.28 bits per heavy atom. The Morgan fingerprint density at radius 1 is 1.22 bits per heavy atom. The lowest BCUT2D eigenvalue weighted by Gasteiger charge is -2.32. The van der Waals surface area contributed by atoms with Crippen LogP contribution in [0.15, 0.2) is 12.1 Å². The van der Waals surface area contributed by atoms with Crippen molar-refractivity contribution < 1.29 is 19.4 Å². The molecule has 1 aliphatic rings. The molecule has 0 unspecified atom stereocenters. The van der Waals surface area contributed by atoms with E-state index in [2.05, 4.69) is 0 Å². The van der Waals surface area contributed by atoms with Gasteiger partial charge in [-0.05, 0) is 31.9 Å². The van der Waals surface area contributed by atoms with Gasteiger partial charge >= 0.3 is 0 Å². The lowest BCUT2D eigenvalue weighted by molar-refractivity contribution is -0.136. The van der Waals surface area contributed by atoms with Gasteiger partial charge in [-0.3, -0.25) is 4.79 Å². The number of methoxy groups -OCH3 is 2. The Bertz CT molecular complexity index is 481. The van der Waals surface area contributed by atoms with Crippen LogP contribution >= 0.6 is 0 Å². The van der Waals surface area contributed by atoms with Crippen LogP contribution in [0.3, 0.4) is 0 Å². The Labute approximate surface area is 107 Å². The van der Waals surface area contributed by atoms with E-state index in [1.165, 1.54) is 6.92 Å². The van der Waals surface area contributed by atoms with Gasteiger partial charge in [0, 0.05) is 17.5 Å². The molecule has 0 saturated carbocycles. The molecule has 4 nitrogen and oxygen atoms in total. The van der Waals surface area contributed by atoms with Crippen molar-refractivity contribution >= 4 is 5.78 Å². The Morgan fingerprint density at radius 2 is 1.78 bits per heavy atom. The van der Waals surface area contributed by atoms with E-state index in [1.54, 1.807) is 14.2 Å². The van der Waals surface area contributed by atoms with Crippen LogP contribution in [0.1, 0.15) is 24.5 Å². The Balaban J connectivity index is 2.50. The minimum Gasteiger partial charge on any atom is -0.496 e. The number of aliphatic hydroxyl groups is 1. The quantitative estimate of drug-likeness (QED) is 0.883. The highest BCUT2D eigenvalue weighted by molar-refractivity contribution is 5.85. The number of Topliss-reactive ketones (excluding diaryl/α,β-unsaturated/α-hetero) is 1. The van der Waals surface area contributed by atoms with Gasteiger partial charge < -0.3 is 14.6 Å². The number of hydrogen-bond acceptors (Lipinski definition) is 4. The van der Waals surface area contributed by atoms with Crippen LogP contribution in [0.4, 0.5) is 0 Å². The van der Waals surface area contributed by atoms with Crippen LogP contribution in [-0.2, 0) is 17.6 Å². The molecule has 0 radical (unpaired) electrons. The average Bonchev–Trinajstić information content (AvgIpc) is 2.37. The molecule has 1 aliphatic carbocycles. The van der Waals surface area contributed by atoms with Crippen molar-refractivity contribution in [3.05, 3.63) is 23.3 Å². The first-order valence-electron chi connectivity index (χ1n) is 5.98. The van der Waals surface area contributed by atoms with Gasteiger partial charge in [0.25, 0.3) is 0 Å². The first-order chi connectivity index (χ1) is 8.51. The van der Waals surface area contributed by atoms with E-state index in [4.69, 9.17) is 9.47 Å². The lowest BCUT2D eigenvalue weighted by Crippen LogP contribution is -2.42. The Kier molecular flexibility index (Phi) is 3.30. The molecule has 1 atom stereocenters. The Hall–Kier alpha value is -1.55. The van der Waals surface area contributed by atoms with E-state index in [-0.39, 0.29) is 12.2 Å². The molecule has 4 heteroatoms. The van der Waals surface area contributed by atoms with Crippen molar-refractivity contribution in [2.75, 3.05) is 14.2 Å². The van der Waals surface area contributed by atoms with E-state index in [1.807, 2.05) is 12.1 Å². The highest BCUT2D eigenvalue weighted by Gasteiger charge is 2.38. The topological polar surface area (TPSA) is 55.8 Å². The largest absolute Gasteiger partial charge is 0.496 e. The van der Waals surface area contributed by atoms with Crippen molar-refractivity contribution in [2.45, 2.75) is 31.8 Å². The third kappa shape index (κ3) is 1.97. The molecular weight excluding hydrogens is 232 g/mol. The molecule has 0 amide bonds. The van der Waals surface area contributed by atoms with Crippen LogP contribution in [0.2, 0.25) is 0 Å². The maximum absolute atomic E-state index is 11.6. The fourth-order valence-corrected chi connectivity index (χ4v) is 2.51. The second-order valence-corrected chi connectivity index (χ2v) is 4.69. The zero-order valence-electron chi connectivity index (χ0n) is 10.9. The van der Waals surface area contributed by atoms with Gasteiger partial charge in [0.15, 0.2) is 5.78 Å². The maximum Gasteiger partial charge on any atom is 0.161 e. The zero-order valence-corrected chi connectivity index (χ0v) is 10.9. The first kappa shape index (κ1) is 12.9. The molecule has 0 bridgehead atoms. The lowest BCUT2D eigenvalue weighted by atomic mass is 9.77. The molecule has 98 valence electrons. The summed E-state index contributed by atoms with van der Waals surface area (Å²) in [6, 6.07) is 3.67. The summed E-state index contributed by atoms with van der Waals surface area (Å²) < 4.78 is 10.6. The minimum atomic E-state index is -1.27. The van der Waals surface area contributed by atoms with Crippen LogP contribution in [0.5, 0.6) is 11.5 Å². The monoisotopic (exact) mass is 250 g/mol. The van der Waals surface area contributed by atoms with Gasteiger partial charge in [-0.15, -0.1) is 0 Å². The predicted octanol–water partition coefficient (Wildman–Crippen LogP) is 1.51. The third-order valence-corrected chi connectivity index (χ3v) is 3.70. The molecule has 1 aromatic rings. The van der Waals surface area contributed by atoms with E-state index >= 15 is 0 Å². The number of fused-ring (bicyclic) bond motifs is 1. The fraction of sp³-hybridized carbons (Fsp3) is 0.500. The number of hydrogen-bond donors (Lipinski definition) is 1. The summed E-state index contributed by atoms with van der Waals surface area (Å²) in [6.45, 7) is 1.43. The van der Waals surface area contributed by atoms with Crippen LogP contribution in [0, 0.1) is 0 Å². The second-order valence-electron chi connectivity index (χ2n) is 4.69. The van der Waals surface area contributed by atoms with Crippen LogP contribution in [0.25, 0.3) is 0 Å². The molecule has 0 fully saturated rings. The molecule has 0 saturated heterocycles. The van der Waals surface area contributed by atoms with Gasteiger partial charge in [-0.2, -0.15) is 0 Å². The number of benzene rings is 1. The van der Waals surface area contributed by atoms with Gasteiger partial charge in [0.05, 0.1) is 14.2 Å². The van der Waals surface area contributed by atoms with Crippen molar-refractivity contribution in [1.29, 1.82) is 0 Å². The van der Waals surface area contributed by atoms with E-state index in [9.17, 15) is 9.90 Å². The molecule has 0 aliphatic heterocycles. The maximum atomic E-state index is 11.6. The molecule has 1 N–H and O–H groups in total. The van der Waals surface area contributed by atoms with E-state index < -0.39 is 5.60 Å². The third-order valence-electron chi connectivity index (χ3n) is 3.70. The van der Waals surface area contributed by atoms with Crippen molar-refractivity contribution in [3.63, 3.8) is 0 Å². The summed E-state index contributed by atoms with van der Waals surface area (Å²) in [4.78, 5) is 11.6. The molecule has 2 rings (SSSR count). The molecular formula is C14H18O4. The summed E-state index contributed by atoms with van der Waals surface area (Å²) in [7, 11) is 3.21. The summed E-state index contributed by atoms with van der Waals surface area (Å²) in [5.41, 5.74) is 0.635. The molecule has 1 aromatic carbocycles. The average molecular weight is 250 g/mol. The van der Waals surface area contributed by atoms with Crippen molar-refractivity contribution in [2.24, 2.45) is 0 Å². The number of carbonyl (C=O) groups is 1. The van der Waals surface area contributed by atoms with E-state index in [0.717, 1.165) is 16.9 Å². The van der Waals surface area contributed by atoms with E-state index in [0.29, 0.717) is 18.6 Å². The summed E-state index contributed by atoms with van der Waals surface area (Å²) in [5, 5.41) is 10.3. The summed E-state index contributed by atoms with van der Waals surface area (Å²) >= 11 is 0. The molecule has 0 heterocycles. The smallest absolute Gasteiger partial charge is 0.161 e. The standard InChI is InChI=1S/C14H18O4/c1-9(15)14(16)7-6-10-11(8-14)13(18-3)5-4-12(10)17-2/h4-5,16H,6-8H2,1-3H3/t14-/m1/s1. The minimum absolute atomic E-state index is 0.196. The highest BCUT2D eigenvalue weighted by atomic mass is 16.5. The SMILES string of the molecule is COc1ccc(OC)c2c1CC[C@](O)(C(C)=O)C2. The van der Waals surface area contributed by atoms with Crippen LogP contribution < -0.4 is 9.47 Å². The van der Waals surface area contributed by atoms with Crippen molar-refractivity contribution in [3.8, 4) is 11.5 Å². The molecule has 0 spiro atoms. The summed E-state index contributed by atoms with van der Waals surface area (Å²) in [6.07, 6.45) is 1.34.